The van der Waals surface area contributed by atoms with Crippen LogP contribution in [-0.2, 0) is 0 Å². The number of carbonyl (C=O) groups is 2. The van der Waals surface area contributed by atoms with Crippen molar-refractivity contribution >= 4 is 28.9 Å². The smallest absolute Gasteiger partial charge is 0.343 e. The first-order valence-electron chi connectivity index (χ1n) is 10.6. The number of carbonyl (C=O) groups excluding carboxylic acids is 2. The molecule has 1 aliphatic heterocycles. The largest absolute Gasteiger partial charge is 0.454 e. The minimum atomic E-state index is -0.474. The van der Waals surface area contributed by atoms with Crippen LogP contribution in [0.3, 0.4) is 0 Å². The van der Waals surface area contributed by atoms with Gasteiger partial charge in [-0.05, 0) is 54.1 Å². The molecule has 0 bridgehead atoms. The molecule has 0 aromatic heterocycles. The molecule has 4 aromatic rings. The van der Waals surface area contributed by atoms with Gasteiger partial charge in [-0.2, -0.15) is 5.10 Å². The second kappa shape index (κ2) is 9.07. The number of benzene rings is 4. The highest BCUT2D eigenvalue weighted by Gasteiger charge is 2.17. The summed E-state index contributed by atoms with van der Waals surface area (Å²) in [6, 6.07) is 23.3. The predicted octanol–water partition coefficient (Wildman–Crippen LogP) is 4.86. The number of hydrogen-bond acceptors (Lipinski definition) is 6. The molecular weight excluding hydrogens is 432 g/mol. The number of ether oxygens (including phenoxy) is 3. The molecule has 0 aliphatic carbocycles. The highest BCUT2D eigenvalue weighted by Crippen LogP contribution is 2.32. The zero-order valence-electron chi connectivity index (χ0n) is 18.3. The van der Waals surface area contributed by atoms with Crippen molar-refractivity contribution < 1.29 is 23.8 Å². The molecule has 0 radical (unpaired) electrons. The summed E-state index contributed by atoms with van der Waals surface area (Å²) in [5.41, 5.74) is 4.88. The molecule has 1 N–H and O–H groups in total. The van der Waals surface area contributed by atoms with E-state index in [4.69, 9.17) is 14.2 Å². The lowest BCUT2D eigenvalue weighted by Gasteiger charge is -2.11. The number of rotatable bonds is 5. The van der Waals surface area contributed by atoms with Crippen LogP contribution in [0.5, 0.6) is 17.2 Å². The van der Waals surface area contributed by atoms with Gasteiger partial charge < -0.3 is 14.2 Å². The second-order valence-electron chi connectivity index (χ2n) is 7.72. The number of aryl methyl sites for hydroxylation is 1. The molecule has 34 heavy (non-hydrogen) atoms. The van der Waals surface area contributed by atoms with Gasteiger partial charge in [-0.1, -0.05) is 48.0 Å². The Morgan fingerprint density at radius 3 is 2.65 bits per heavy atom. The molecule has 0 atom stereocenters. The van der Waals surface area contributed by atoms with Crippen LogP contribution < -0.4 is 19.6 Å². The van der Waals surface area contributed by atoms with E-state index in [-0.39, 0.29) is 6.79 Å². The fraction of sp³-hybridized carbons (Fsp3) is 0.0741. The number of hydrazone groups is 1. The second-order valence-corrected chi connectivity index (χ2v) is 7.72. The van der Waals surface area contributed by atoms with Gasteiger partial charge in [0.2, 0.25) is 6.79 Å². The zero-order valence-corrected chi connectivity index (χ0v) is 18.3. The molecule has 1 aliphatic rings. The molecule has 0 saturated heterocycles. The van der Waals surface area contributed by atoms with E-state index in [0.717, 1.165) is 16.3 Å². The van der Waals surface area contributed by atoms with E-state index in [9.17, 15) is 9.59 Å². The Morgan fingerprint density at radius 1 is 0.912 bits per heavy atom. The standard InChI is InChI=1S/C27H20N2O5/c1-17-5-4-7-20(13-17)27(31)34-23-11-9-18-6-2-3-8-21(18)22(23)15-28-29-26(30)19-10-12-24-25(14-19)33-16-32-24/h2-15H,16H2,1H3,(H,29,30)/b28-15+. The monoisotopic (exact) mass is 452 g/mol. The van der Waals surface area contributed by atoms with Crippen LogP contribution in [0.15, 0.2) is 84.0 Å². The lowest BCUT2D eigenvalue weighted by molar-refractivity contribution is 0.0734. The minimum absolute atomic E-state index is 0.129. The van der Waals surface area contributed by atoms with Gasteiger partial charge in [0.05, 0.1) is 11.8 Å². The number of fused-ring (bicyclic) bond motifs is 2. The Morgan fingerprint density at radius 2 is 1.76 bits per heavy atom. The molecule has 4 aromatic carbocycles. The number of amides is 1. The van der Waals surface area contributed by atoms with Crippen LogP contribution in [0.25, 0.3) is 10.8 Å². The van der Waals surface area contributed by atoms with Crippen LogP contribution in [0.1, 0.15) is 31.8 Å². The van der Waals surface area contributed by atoms with Gasteiger partial charge in [-0.3, -0.25) is 4.79 Å². The first-order chi connectivity index (χ1) is 16.6. The summed E-state index contributed by atoms with van der Waals surface area (Å²) < 4.78 is 16.3. The van der Waals surface area contributed by atoms with Gasteiger partial charge in [0, 0.05) is 11.1 Å². The average molecular weight is 452 g/mol. The molecule has 1 heterocycles. The fourth-order valence-corrected chi connectivity index (χ4v) is 3.69. The third kappa shape index (κ3) is 4.31. The van der Waals surface area contributed by atoms with Crippen LogP contribution in [0.4, 0.5) is 0 Å². The molecule has 7 nitrogen and oxygen atoms in total. The summed E-state index contributed by atoms with van der Waals surface area (Å²) in [5, 5.41) is 5.91. The van der Waals surface area contributed by atoms with Gasteiger partial charge in [-0.25, -0.2) is 10.2 Å². The van der Waals surface area contributed by atoms with Gasteiger partial charge in [-0.15, -0.1) is 0 Å². The van der Waals surface area contributed by atoms with Crippen LogP contribution >= 0.6 is 0 Å². The van der Waals surface area contributed by atoms with E-state index < -0.39 is 11.9 Å². The predicted molar refractivity (Wildman–Crippen MR) is 128 cm³/mol. The minimum Gasteiger partial charge on any atom is -0.454 e. The summed E-state index contributed by atoms with van der Waals surface area (Å²) in [5.74, 6) is 0.560. The van der Waals surface area contributed by atoms with Gasteiger partial charge in [0.15, 0.2) is 11.5 Å². The van der Waals surface area contributed by atoms with Gasteiger partial charge in [0.25, 0.3) is 5.91 Å². The van der Waals surface area contributed by atoms with E-state index in [0.29, 0.717) is 33.9 Å². The number of nitrogens with one attached hydrogen (secondary N) is 1. The van der Waals surface area contributed by atoms with E-state index in [2.05, 4.69) is 10.5 Å². The van der Waals surface area contributed by atoms with Crippen molar-refractivity contribution in [3.63, 3.8) is 0 Å². The molecule has 168 valence electrons. The van der Waals surface area contributed by atoms with Crippen LogP contribution in [-0.4, -0.2) is 24.9 Å². The van der Waals surface area contributed by atoms with E-state index in [1.165, 1.54) is 6.21 Å². The molecule has 1 amide bonds. The summed E-state index contributed by atoms with van der Waals surface area (Å²) in [6.07, 6.45) is 1.48. The first kappa shape index (κ1) is 21.2. The molecule has 0 spiro atoms. The Bertz CT molecular complexity index is 1440. The average Bonchev–Trinajstić information content (AvgIpc) is 3.33. The van der Waals surface area contributed by atoms with Crippen molar-refractivity contribution in [2.24, 2.45) is 5.10 Å². The molecule has 5 rings (SSSR count). The van der Waals surface area contributed by atoms with Crippen LogP contribution in [0, 0.1) is 6.92 Å². The van der Waals surface area contributed by atoms with Gasteiger partial charge in [0.1, 0.15) is 5.75 Å². The first-order valence-corrected chi connectivity index (χ1v) is 10.6. The third-order valence-electron chi connectivity index (χ3n) is 5.38. The fourth-order valence-electron chi connectivity index (χ4n) is 3.69. The highest BCUT2D eigenvalue weighted by atomic mass is 16.7. The quantitative estimate of drug-likeness (QED) is 0.202. The summed E-state index contributed by atoms with van der Waals surface area (Å²) in [6.45, 7) is 2.04. The lowest BCUT2D eigenvalue weighted by Crippen LogP contribution is -2.17. The summed E-state index contributed by atoms with van der Waals surface area (Å²) in [7, 11) is 0. The Balaban J connectivity index is 1.41. The number of nitrogens with zero attached hydrogens (tertiary/aromatic N) is 1. The SMILES string of the molecule is Cc1cccc(C(=O)Oc2ccc3ccccc3c2/C=N/NC(=O)c2ccc3c(c2)OCO3)c1. The maximum absolute atomic E-state index is 12.8. The lowest BCUT2D eigenvalue weighted by atomic mass is 10.0. The van der Waals surface area contributed by atoms with Crippen molar-refractivity contribution in [2.45, 2.75) is 6.92 Å². The van der Waals surface area contributed by atoms with Crippen molar-refractivity contribution in [1.82, 2.24) is 5.43 Å². The Kier molecular flexibility index (Phi) is 5.66. The van der Waals surface area contributed by atoms with Crippen molar-refractivity contribution in [2.75, 3.05) is 6.79 Å². The van der Waals surface area contributed by atoms with Crippen molar-refractivity contribution in [1.29, 1.82) is 0 Å². The summed E-state index contributed by atoms with van der Waals surface area (Å²) in [4.78, 5) is 25.3. The Hall–Kier alpha value is -4.65. The van der Waals surface area contributed by atoms with Gasteiger partial charge >= 0.3 is 5.97 Å². The molecular formula is C27H20N2O5. The van der Waals surface area contributed by atoms with Crippen LogP contribution in [0.2, 0.25) is 0 Å². The topological polar surface area (TPSA) is 86.2 Å². The molecule has 0 unspecified atom stereocenters. The van der Waals surface area contributed by atoms with E-state index in [1.807, 2.05) is 43.3 Å². The summed E-state index contributed by atoms with van der Waals surface area (Å²) >= 11 is 0. The third-order valence-corrected chi connectivity index (χ3v) is 5.38. The molecule has 0 fully saturated rings. The van der Waals surface area contributed by atoms with Crippen molar-refractivity contribution in [3.05, 3.63) is 101 Å². The number of hydrogen-bond donors (Lipinski definition) is 1. The molecule has 7 heteroatoms. The normalized spacial score (nSPS) is 12.1. The number of esters is 1. The van der Waals surface area contributed by atoms with E-state index in [1.54, 1.807) is 42.5 Å². The maximum Gasteiger partial charge on any atom is 0.343 e. The maximum atomic E-state index is 12.8. The molecule has 0 saturated carbocycles. The highest BCUT2D eigenvalue weighted by molar-refractivity contribution is 6.04. The van der Waals surface area contributed by atoms with E-state index >= 15 is 0 Å². The van der Waals surface area contributed by atoms with Crippen molar-refractivity contribution in [3.8, 4) is 17.2 Å². The zero-order chi connectivity index (χ0) is 23.5. The Labute approximate surface area is 195 Å².